The molecular weight excluding hydrogens is 370 g/mol. The van der Waals surface area contributed by atoms with Crippen molar-refractivity contribution in [2.75, 3.05) is 32.7 Å². The van der Waals surface area contributed by atoms with E-state index >= 15 is 0 Å². The van der Waals surface area contributed by atoms with E-state index in [1.165, 1.54) is 4.31 Å². The highest BCUT2D eigenvalue weighted by Crippen LogP contribution is 2.39. The van der Waals surface area contributed by atoms with E-state index in [2.05, 4.69) is 16.5 Å². The number of carbonyl (C=O) groups is 1. The predicted molar refractivity (Wildman–Crippen MR) is 96.1 cm³/mol. The molecule has 2 aliphatic rings. The number of carbonyl (C=O) groups excluding carboxylic acids is 1. The number of hydrogen-bond donors (Lipinski definition) is 1. The highest BCUT2D eigenvalue weighted by Gasteiger charge is 2.43. The number of amides is 1. The Balaban J connectivity index is 1.56. The quantitative estimate of drug-likeness (QED) is 0.740. The molecule has 10 heteroatoms. The van der Waals surface area contributed by atoms with E-state index in [1.54, 1.807) is 20.8 Å². The fourth-order valence-electron chi connectivity index (χ4n) is 3.51. The Bertz CT molecular complexity index is 843. The van der Waals surface area contributed by atoms with Crippen molar-refractivity contribution in [3.63, 3.8) is 0 Å². The van der Waals surface area contributed by atoms with Gasteiger partial charge in [0.15, 0.2) is 5.76 Å². The first kappa shape index (κ1) is 19.8. The number of nitrogens with one attached hydrogen (secondary N) is 1. The van der Waals surface area contributed by atoms with Gasteiger partial charge >= 0.3 is 0 Å². The van der Waals surface area contributed by atoms with E-state index in [-0.39, 0.29) is 42.1 Å². The molecule has 1 N–H and O–H groups in total. The summed E-state index contributed by atoms with van der Waals surface area (Å²) >= 11 is 0. The summed E-state index contributed by atoms with van der Waals surface area (Å²) in [6, 6.07) is 2.21. The molecule has 0 unspecified atom stereocenters. The van der Waals surface area contributed by atoms with Crippen LogP contribution in [0.5, 0.6) is 0 Å². The van der Waals surface area contributed by atoms with Gasteiger partial charge in [0.25, 0.3) is 0 Å². The number of rotatable bonds is 6. The lowest BCUT2D eigenvalue weighted by molar-refractivity contribution is -0.123. The number of sulfonamides is 1. The van der Waals surface area contributed by atoms with Crippen molar-refractivity contribution in [2.45, 2.75) is 44.0 Å². The third-order valence-corrected chi connectivity index (χ3v) is 7.43. The van der Waals surface area contributed by atoms with Crippen LogP contribution in [-0.4, -0.2) is 66.9 Å². The van der Waals surface area contributed by atoms with Crippen molar-refractivity contribution < 1.29 is 17.7 Å². The summed E-state index contributed by atoms with van der Waals surface area (Å²) in [7, 11) is -3.66. The van der Waals surface area contributed by atoms with Gasteiger partial charge in [-0.1, -0.05) is 5.16 Å². The molecule has 0 aromatic carbocycles. The van der Waals surface area contributed by atoms with E-state index < -0.39 is 15.6 Å². The molecular formula is C17H25N5O4S. The number of nitrogens with zero attached hydrogens (tertiary/aromatic N) is 4. The molecule has 0 radical (unpaired) electrons. The minimum atomic E-state index is -3.66. The van der Waals surface area contributed by atoms with Crippen LogP contribution in [0.15, 0.2) is 9.42 Å². The average Bonchev–Trinajstić information content (AvgIpc) is 3.41. The molecule has 27 heavy (non-hydrogen) atoms. The Morgan fingerprint density at radius 1 is 1.33 bits per heavy atom. The molecule has 1 saturated heterocycles. The summed E-state index contributed by atoms with van der Waals surface area (Å²) in [5.41, 5.74) is -0.462. The summed E-state index contributed by atoms with van der Waals surface area (Å²) in [4.78, 5) is 14.3. The summed E-state index contributed by atoms with van der Waals surface area (Å²) in [6.45, 7) is 6.58. The summed E-state index contributed by atoms with van der Waals surface area (Å²) < 4.78 is 32.0. The van der Waals surface area contributed by atoms with E-state index in [0.717, 1.165) is 12.8 Å². The van der Waals surface area contributed by atoms with Crippen molar-refractivity contribution in [2.24, 2.45) is 5.92 Å². The summed E-state index contributed by atoms with van der Waals surface area (Å²) in [5.74, 6) is 0.307. The predicted octanol–water partition coefficient (Wildman–Crippen LogP) is 0.406. The Kier molecular flexibility index (Phi) is 5.29. The third-order valence-electron chi connectivity index (χ3n) is 5.29. The molecule has 1 saturated carbocycles. The third kappa shape index (κ3) is 4.00. The zero-order valence-corrected chi connectivity index (χ0v) is 16.7. The first-order chi connectivity index (χ1) is 12.7. The number of piperazine rings is 1. The minimum absolute atomic E-state index is 0.128. The molecule has 1 aliphatic heterocycles. The maximum absolute atomic E-state index is 12.8. The van der Waals surface area contributed by atoms with E-state index in [9.17, 15) is 18.5 Å². The first-order valence-corrected chi connectivity index (χ1v) is 10.5. The lowest BCUT2D eigenvalue weighted by atomic mass is 9.98. The highest BCUT2D eigenvalue weighted by molar-refractivity contribution is 7.89. The van der Waals surface area contributed by atoms with Crippen LogP contribution in [0.2, 0.25) is 0 Å². The van der Waals surface area contributed by atoms with Crippen LogP contribution in [0.3, 0.4) is 0 Å². The number of hydrogen-bond acceptors (Lipinski definition) is 7. The Morgan fingerprint density at radius 2 is 1.96 bits per heavy atom. The fraction of sp³-hybridized carbons (Fsp3) is 0.706. The Hall–Kier alpha value is -1.96. The van der Waals surface area contributed by atoms with Gasteiger partial charge in [-0.05, 0) is 39.5 Å². The van der Waals surface area contributed by atoms with Gasteiger partial charge in [-0.15, -0.1) is 0 Å². The number of nitriles is 1. The van der Waals surface area contributed by atoms with Crippen LogP contribution in [0.4, 0.5) is 0 Å². The maximum Gasteiger partial charge on any atom is 0.248 e. The second kappa shape index (κ2) is 7.22. The van der Waals surface area contributed by atoms with Crippen molar-refractivity contribution in [1.82, 2.24) is 19.7 Å². The molecule has 1 aromatic heterocycles. The van der Waals surface area contributed by atoms with Crippen LogP contribution in [0.25, 0.3) is 0 Å². The normalized spacial score (nSPS) is 21.4. The van der Waals surface area contributed by atoms with Crippen LogP contribution >= 0.6 is 0 Å². The topological polar surface area (TPSA) is 120 Å². The second-order valence-electron chi connectivity index (χ2n) is 7.47. The molecule has 1 amide bonds. The average molecular weight is 395 g/mol. The van der Waals surface area contributed by atoms with Crippen molar-refractivity contribution in [1.29, 1.82) is 5.26 Å². The van der Waals surface area contributed by atoms with Gasteiger partial charge < -0.3 is 9.84 Å². The van der Waals surface area contributed by atoms with Crippen molar-refractivity contribution in [3.8, 4) is 6.07 Å². The Morgan fingerprint density at radius 3 is 2.44 bits per heavy atom. The number of aromatic nitrogens is 1. The van der Waals surface area contributed by atoms with E-state index in [0.29, 0.717) is 18.8 Å². The van der Waals surface area contributed by atoms with Gasteiger partial charge in [0, 0.05) is 26.2 Å². The molecule has 9 nitrogen and oxygen atoms in total. The van der Waals surface area contributed by atoms with Crippen LogP contribution in [-0.2, 0) is 14.8 Å². The van der Waals surface area contributed by atoms with Crippen LogP contribution < -0.4 is 5.32 Å². The zero-order valence-electron chi connectivity index (χ0n) is 15.9. The van der Waals surface area contributed by atoms with Crippen molar-refractivity contribution >= 4 is 15.9 Å². The molecule has 2 heterocycles. The van der Waals surface area contributed by atoms with Gasteiger partial charge in [0.05, 0.1) is 12.6 Å². The first-order valence-electron chi connectivity index (χ1n) is 9.05. The molecule has 1 aromatic rings. The Labute approximate surface area is 159 Å². The summed E-state index contributed by atoms with van der Waals surface area (Å²) in [6.07, 6.45) is 1.92. The lowest BCUT2D eigenvalue weighted by Gasteiger charge is -2.34. The molecule has 0 bridgehead atoms. The zero-order chi connectivity index (χ0) is 19.8. The van der Waals surface area contributed by atoms with Gasteiger partial charge in [-0.2, -0.15) is 9.57 Å². The molecule has 1 aliphatic carbocycles. The van der Waals surface area contributed by atoms with Gasteiger partial charge in [0.2, 0.25) is 15.9 Å². The second-order valence-corrected chi connectivity index (χ2v) is 9.34. The molecule has 148 valence electrons. The number of aryl methyl sites for hydroxylation is 2. The van der Waals surface area contributed by atoms with Gasteiger partial charge in [-0.25, -0.2) is 8.42 Å². The fourth-order valence-corrected chi connectivity index (χ4v) is 5.23. The molecule has 3 rings (SSSR count). The van der Waals surface area contributed by atoms with Crippen LogP contribution in [0.1, 0.15) is 31.2 Å². The SMILES string of the molecule is Cc1noc(C)c1S(=O)(=O)N1CCN(CC(=O)N[C@@](C)(C#N)C2CC2)CC1. The maximum atomic E-state index is 12.8. The van der Waals surface area contributed by atoms with Gasteiger partial charge in [0.1, 0.15) is 16.1 Å². The smallest absolute Gasteiger partial charge is 0.248 e. The van der Waals surface area contributed by atoms with E-state index in [1.807, 2.05) is 4.90 Å². The highest BCUT2D eigenvalue weighted by atomic mass is 32.2. The molecule has 2 fully saturated rings. The van der Waals surface area contributed by atoms with E-state index in [4.69, 9.17) is 4.52 Å². The van der Waals surface area contributed by atoms with Crippen LogP contribution in [0, 0.1) is 31.1 Å². The van der Waals surface area contributed by atoms with Gasteiger partial charge in [-0.3, -0.25) is 9.69 Å². The summed E-state index contributed by atoms with van der Waals surface area (Å²) in [5, 5.41) is 15.9. The standard InChI is InChI=1S/C17H25N5O4S/c1-12-16(13(2)26-20-12)27(24,25)22-8-6-21(7-9-22)10-15(23)19-17(3,11-18)14-4-5-14/h14H,4-10H2,1-3H3,(H,19,23)/t17-/m0/s1. The monoisotopic (exact) mass is 395 g/mol. The largest absolute Gasteiger partial charge is 0.360 e. The minimum Gasteiger partial charge on any atom is -0.360 e. The molecule has 0 spiro atoms. The lowest BCUT2D eigenvalue weighted by Crippen LogP contribution is -2.54. The molecule has 1 atom stereocenters. The van der Waals surface area contributed by atoms with Crippen molar-refractivity contribution in [3.05, 3.63) is 11.5 Å².